The molecule has 0 saturated carbocycles. The molecule has 4 heteroatoms. The van der Waals surface area contributed by atoms with Gasteiger partial charge in [0.15, 0.2) is 0 Å². The summed E-state index contributed by atoms with van der Waals surface area (Å²) in [4.78, 5) is 21.1. The first kappa shape index (κ1) is 8.77. The first-order chi connectivity index (χ1) is 5.63. The van der Waals surface area contributed by atoms with Gasteiger partial charge < -0.3 is 10.2 Å². The van der Waals surface area contributed by atoms with Crippen molar-refractivity contribution >= 4 is 11.9 Å². The molecule has 1 aliphatic carbocycles. The second kappa shape index (κ2) is 3.38. The second-order valence-corrected chi connectivity index (χ2v) is 2.63. The van der Waals surface area contributed by atoms with Crippen LogP contribution in [0, 0.1) is 11.8 Å². The zero-order valence-corrected chi connectivity index (χ0v) is 6.36. The lowest BCUT2D eigenvalue weighted by Gasteiger charge is -2.19. The van der Waals surface area contributed by atoms with Crippen LogP contribution in [0.2, 0.25) is 0 Å². The zero-order valence-electron chi connectivity index (χ0n) is 6.36. The van der Waals surface area contributed by atoms with E-state index in [9.17, 15) is 9.59 Å². The van der Waals surface area contributed by atoms with Crippen molar-refractivity contribution in [2.75, 3.05) is 0 Å². The van der Waals surface area contributed by atoms with Crippen LogP contribution in [0.5, 0.6) is 0 Å². The molecule has 0 aliphatic heterocycles. The van der Waals surface area contributed by atoms with Gasteiger partial charge in [-0.1, -0.05) is 12.2 Å². The Morgan fingerprint density at radius 3 is 2.42 bits per heavy atom. The van der Waals surface area contributed by atoms with Crippen LogP contribution in [-0.2, 0) is 9.59 Å². The quantitative estimate of drug-likeness (QED) is 0.596. The predicted octanol–water partition coefficient (Wildman–Crippen LogP) is 0.696. The largest absolute Gasteiger partial charge is 0.481 e. The van der Waals surface area contributed by atoms with Crippen molar-refractivity contribution < 1.29 is 19.8 Å². The molecule has 0 saturated heterocycles. The molecule has 0 aromatic carbocycles. The van der Waals surface area contributed by atoms with Crippen LogP contribution in [0.1, 0.15) is 12.8 Å². The summed E-state index contributed by atoms with van der Waals surface area (Å²) >= 11 is 0. The third kappa shape index (κ3) is 1.64. The Labute approximate surface area is 69.5 Å². The standard InChI is InChI=1S/C8H9O4/c9-7(10)5-3-1-2-4-6(5)8(11)12/h1-2,5H,3-4H2,(H,9,10)(H,11,12)/t5-/m1/s1. The van der Waals surface area contributed by atoms with Gasteiger partial charge in [-0.2, -0.15) is 0 Å². The molecule has 2 N–H and O–H groups in total. The lowest BCUT2D eigenvalue weighted by molar-refractivity contribution is -0.146. The summed E-state index contributed by atoms with van der Waals surface area (Å²) in [7, 11) is 0. The third-order valence-electron chi connectivity index (χ3n) is 1.87. The summed E-state index contributed by atoms with van der Waals surface area (Å²) in [5.74, 6) is -2.93. The minimum absolute atomic E-state index is 0.0741. The number of aliphatic carboxylic acids is 2. The number of carboxylic acids is 2. The van der Waals surface area contributed by atoms with Crippen LogP contribution in [0.4, 0.5) is 0 Å². The Morgan fingerprint density at radius 1 is 1.33 bits per heavy atom. The lowest BCUT2D eigenvalue weighted by atomic mass is 9.83. The number of hydrogen-bond acceptors (Lipinski definition) is 2. The maximum Gasteiger partial charge on any atom is 0.312 e. The van der Waals surface area contributed by atoms with Gasteiger partial charge in [0, 0.05) is 0 Å². The molecule has 4 nitrogen and oxygen atoms in total. The number of carbonyl (C=O) groups is 2. The fraction of sp³-hybridized carbons (Fsp3) is 0.375. The molecule has 12 heavy (non-hydrogen) atoms. The highest BCUT2D eigenvalue weighted by atomic mass is 16.4. The average molecular weight is 169 g/mol. The molecule has 0 fully saturated rings. The van der Waals surface area contributed by atoms with E-state index < -0.39 is 17.9 Å². The summed E-state index contributed by atoms with van der Waals surface area (Å²) in [6.07, 6.45) is 3.91. The number of rotatable bonds is 2. The molecule has 1 rings (SSSR count). The molecule has 0 amide bonds. The summed E-state index contributed by atoms with van der Waals surface area (Å²) in [6, 6.07) is 0. The molecule has 0 aromatic heterocycles. The van der Waals surface area contributed by atoms with Gasteiger partial charge >= 0.3 is 11.9 Å². The first-order valence-electron chi connectivity index (χ1n) is 3.59. The van der Waals surface area contributed by atoms with E-state index in [0.717, 1.165) is 0 Å². The second-order valence-electron chi connectivity index (χ2n) is 2.63. The summed E-state index contributed by atoms with van der Waals surface area (Å²) in [5.41, 5.74) is 0. The Morgan fingerprint density at radius 2 is 2.00 bits per heavy atom. The molecule has 1 atom stereocenters. The normalized spacial score (nSPS) is 23.8. The Balaban J connectivity index is 2.76. The topological polar surface area (TPSA) is 74.6 Å². The first-order valence-corrected chi connectivity index (χ1v) is 3.59. The minimum atomic E-state index is -1.10. The van der Waals surface area contributed by atoms with Crippen molar-refractivity contribution in [1.29, 1.82) is 0 Å². The van der Waals surface area contributed by atoms with Crippen LogP contribution in [0.3, 0.4) is 0 Å². The number of carboxylic acid groups (broad SMARTS) is 2. The number of allylic oxidation sites excluding steroid dienone is 2. The molecule has 1 aliphatic rings. The highest BCUT2D eigenvalue weighted by Gasteiger charge is 2.34. The van der Waals surface area contributed by atoms with Gasteiger partial charge in [-0.05, 0) is 12.8 Å². The maximum atomic E-state index is 10.6. The van der Waals surface area contributed by atoms with Gasteiger partial charge in [-0.25, -0.2) is 0 Å². The van der Waals surface area contributed by atoms with Crippen LogP contribution < -0.4 is 0 Å². The SMILES string of the molecule is O=C(O)[C]1CC=CC[C@H]1C(=O)O. The third-order valence-corrected chi connectivity index (χ3v) is 1.87. The molecular weight excluding hydrogens is 160 g/mol. The van der Waals surface area contributed by atoms with Crippen molar-refractivity contribution in [2.45, 2.75) is 12.8 Å². The molecule has 0 bridgehead atoms. The lowest BCUT2D eigenvalue weighted by Crippen LogP contribution is -2.28. The van der Waals surface area contributed by atoms with Gasteiger partial charge in [-0.15, -0.1) is 0 Å². The van der Waals surface area contributed by atoms with Gasteiger partial charge in [0.25, 0.3) is 0 Å². The fourth-order valence-electron chi connectivity index (χ4n) is 1.21. The maximum absolute atomic E-state index is 10.6. The summed E-state index contributed by atoms with van der Waals surface area (Å²) in [6.45, 7) is 0. The number of hydrogen-bond donors (Lipinski definition) is 2. The van der Waals surface area contributed by atoms with E-state index in [-0.39, 0.29) is 18.8 Å². The van der Waals surface area contributed by atoms with Crippen molar-refractivity contribution in [1.82, 2.24) is 0 Å². The van der Waals surface area contributed by atoms with Gasteiger partial charge in [0.1, 0.15) is 5.92 Å². The van der Waals surface area contributed by atoms with Gasteiger partial charge in [-0.3, -0.25) is 9.59 Å². The molecule has 0 spiro atoms. The fourth-order valence-corrected chi connectivity index (χ4v) is 1.21. The van der Waals surface area contributed by atoms with E-state index in [1.54, 1.807) is 12.2 Å². The molecule has 0 aromatic rings. The highest BCUT2D eigenvalue weighted by Crippen LogP contribution is 2.27. The van der Waals surface area contributed by atoms with Crippen molar-refractivity contribution in [3.8, 4) is 0 Å². The van der Waals surface area contributed by atoms with Crippen LogP contribution >= 0.6 is 0 Å². The van der Waals surface area contributed by atoms with Crippen LogP contribution in [0.15, 0.2) is 12.2 Å². The van der Waals surface area contributed by atoms with E-state index in [4.69, 9.17) is 10.2 Å². The highest BCUT2D eigenvalue weighted by molar-refractivity contribution is 5.91. The predicted molar refractivity (Wildman–Crippen MR) is 40.4 cm³/mol. The van der Waals surface area contributed by atoms with Crippen molar-refractivity contribution in [3.63, 3.8) is 0 Å². The molecule has 0 unspecified atom stereocenters. The van der Waals surface area contributed by atoms with E-state index in [2.05, 4.69) is 0 Å². The monoisotopic (exact) mass is 169 g/mol. The Hall–Kier alpha value is -1.32. The Kier molecular flexibility index (Phi) is 2.47. The van der Waals surface area contributed by atoms with Crippen molar-refractivity contribution in [3.05, 3.63) is 18.1 Å². The van der Waals surface area contributed by atoms with E-state index in [1.807, 2.05) is 0 Å². The summed E-state index contributed by atoms with van der Waals surface area (Å²) in [5, 5.41) is 17.3. The van der Waals surface area contributed by atoms with Gasteiger partial charge in [0.2, 0.25) is 0 Å². The molecule has 1 radical (unpaired) electrons. The van der Waals surface area contributed by atoms with Crippen molar-refractivity contribution in [2.24, 2.45) is 5.92 Å². The van der Waals surface area contributed by atoms with E-state index in [0.29, 0.717) is 0 Å². The average Bonchev–Trinajstić information content (AvgIpc) is 2.04. The van der Waals surface area contributed by atoms with Crippen LogP contribution in [0.25, 0.3) is 0 Å². The molecule has 0 heterocycles. The molecule has 65 valence electrons. The smallest absolute Gasteiger partial charge is 0.312 e. The minimum Gasteiger partial charge on any atom is -0.481 e. The molecular formula is C8H9O4. The Bertz CT molecular complexity index is 207. The van der Waals surface area contributed by atoms with Crippen LogP contribution in [-0.4, -0.2) is 22.2 Å². The van der Waals surface area contributed by atoms with E-state index >= 15 is 0 Å². The van der Waals surface area contributed by atoms with E-state index in [1.165, 1.54) is 0 Å². The summed E-state index contributed by atoms with van der Waals surface area (Å²) < 4.78 is 0. The van der Waals surface area contributed by atoms with Gasteiger partial charge in [0.05, 0.1) is 5.92 Å². The zero-order chi connectivity index (χ0) is 9.14.